The van der Waals surface area contributed by atoms with Gasteiger partial charge >= 0.3 is 0 Å². The average Bonchev–Trinajstić information content (AvgIpc) is 3.30. The zero-order chi connectivity index (χ0) is 21.6. The number of rotatable bonds is 7. The van der Waals surface area contributed by atoms with Gasteiger partial charge in [-0.05, 0) is 48.7 Å². The van der Waals surface area contributed by atoms with E-state index in [9.17, 15) is 4.79 Å². The Balaban J connectivity index is 1.33. The van der Waals surface area contributed by atoms with Gasteiger partial charge < -0.3 is 14.6 Å². The highest BCUT2D eigenvalue weighted by atomic mass is 35.5. The Morgan fingerprint density at radius 1 is 1.26 bits per heavy atom. The smallest absolute Gasteiger partial charge is 0.290 e. The lowest BCUT2D eigenvalue weighted by Gasteiger charge is -2.31. The number of ether oxygens (including phenoxy) is 1. The van der Waals surface area contributed by atoms with Crippen LogP contribution >= 0.6 is 11.6 Å². The minimum absolute atomic E-state index is 0.239. The molecule has 4 rings (SSSR count). The lowest BCUT2D eigenvalue weighted by atomic mass is 9.94. The lowest BCUT2D eigenvalue weighted by molar-refractivity contribution is 0.0913. The highest BCUT2D eigenvalue weighted by Gasteiger charge is 2.25. The van der Waals surface area contributed by atoms with Crippen LogP contribution in [0.4, 0.5) is 0 Å². The molecule has 0 aliphatic carbocycles. The first-order chi connectivity index (χ1) is 15.1. The van der Waals surface area contributed by atoms with Crippen molar-refractivity contribution in [2.75, 3.05) is 20.2 Å². The molecule has 1 aliphatic rings. The molecule has 7 heteroatoms. The van der Waals surface area contributed by atoms with Crippen molar-refractivity contribution in [3.05, 3.63) is 82.2 Å². The van der Waals surface area contributed by atoms with Crippen LogP contribution in [-0.2, 0) is 13.1 Å². The molecule has 1 atom stereocenters. The Kier molecular flexibility index (Phi) is 6.89. The van der Waals surface area contributed by atoms with E-state index in [1.54, 1.807) is 13.2 Å². The van der Waals surface area contributed by atoms with Crippen LogP contribution in [0.25, 0.3) is 0 Å². The van der Waals surface area contributed by atoms with Crippen LogP contribution in [0.1, 0.15) is 46.1 Å². The highest BCUT2D eigenvalue weighted by molar-refractivity contribution is 6.31. The number of carbonyl (C=O) groups excluding carboxylic acids is 1. The number of methoxy groups -OCH3 is 1. The van der Waals surface area contributed by atoms with E-state index in [1.165, 1.54) is 0 Å². The molecule has 0 unspecified atom stereocenters. The van der Waals surface area contributed by atoms with Crippen LogP contribution in [0.2, 0.25) is 5.02 Å². The zero-order valence-corrected chi connectivity index (χ0v) is 18.3. The fraction of sp³-hybridized carbons (Fsp3) is 0.333. The lowest BCUT2D eigenvalue weighted by Crippen LogP contribution is -2.34. The van der Waals surface area contributed by atoms with Gasteiger partial charge in [0.1, 0.15) is 5.75 Å². The maximum absolute atomic E-state index is 12.5. The Hall–Kier alpha value is -2.83. The molecule has 1 saturated heterocycles. The summed E-state index contributed by atoms with van der Waals surface area (Å²) in [7, 11) is 1.63. The minimum Gasteiger partial charge on any atom is -0.497 e. The number of hydrogen-bond acceptors (Lipinski definition) is 5. The predicted molar refractivity (Wildman–Crippen MR) is 119 cm³/mol. The first-order valence-corrected chi connectivity index (χ1v) is 10.8. The van der Waals surface area contributed by atoms with E-state index in [0.29, 0.717) is 6.54 Å². The van der Waals surface area contributed by atoms with E-state index in [1.807, 2.05) is 42.5 Å². The SMILES string of the molecule is COc1ccc(CNC(=O)c2cc([C@H]3CCCN(Cc4ccccc4Cl)C3)no2)cc1. The fourth-order valence-electron chi connectivity index (χ4n) is 3.91. The number of likely N-dealkylation sites (tertiary alicyclic amines) is 1. The van der Waals surface area contributed by atoms with Crippen molar-refractivity contribution in [3.8, 4) is 5.75 Å². The maximum Gasteiger partial charge on any atom is 0.290 e. The number of halogens is 1. The second kappa shape index (κ2) is 9.98. The third-order valence-corrected chi connectivity index (χ3v) is 6.01. The third kappa shape index (κ3) is 5.46. The van der Waals surface area contributed by atoms with Crippen LogP contribution in [0.15, 0.2) is 59.1 Å². The molecule has 2 heterocycles. The number of hydrogen-bond donors (Lipinski definition) is 1. The molecule has 3 aromatic rings. The topological polar surface area (TPSA) is 67.6 Å². The number of piperidine rings is 1. The van der Waals surface area contributed by atoms with Gasteiger partial charge in [-0.15, -0.1) is 0 Å². The molecule has 0 bridgehead atoms. The number of nitrogens with zero attached hydrogens (tertiary/aromatic N) is 2. The van der Waals surface area contributed by atoms with Crippen molar-refractivity contribution in [3.63, 3.8) is 0 Å². The molecule has 1 fully saturated rings. The molecule has 2 aromatic carbocycles. The van der Waals surface area contributed by atoms with Gasteiger partial charge in [-0.1, -0.05) is 47.1 Å². The van der Waals surface area contributed by atoms with Crippen molar-refractivity contribution < 1.29 is 14.1 Å². The van der Waals surface area contributed by atoms with Crippen molar-refractivity contribution in [1.29, 1.82) is 0 Å². The Morgan fingerprint density at radius 2 is 2.06 bits per heavy atom. The maximum atomic E-state index is 12.5. The van der Waals surface area contributed by atoms with E-state index in [-0.39, 0.29) is 17.6 Å². The van der Waals surface area contributed by atoms with Gasteiger partial charge in [-0.3, -0.25) is 9.69 Å². The summed E-state index contributed by atoms with van der Waals surface area (Å²) in [5, 5.41) is 7.86. The number of nitrogens with one attached hydrogen (secondary N) is 1. The zero-order valence-electron chi connectivity index (χ0n) is 17.5. The van der Waals surface area contributed by atoms with Gasteiger partial charge in [0.2, 0.25) is 5.76 Å². The van der Waals surface area contributed by atoms with E-state index >= 15 is 0 Å². The van der Waals surface area contributed by atoms with Gasteiger partial charge in [-0.25, -0.2) is 0 Å². The molecule has 0 radical (unpaired) electrons. The first-order valence-electron chi connectivity index (χ1n) is 10.5. The Bertz CT molecular complexity index is 1020. The van der Waals surface area contributed by atoms with Gasteiger partial charge in [-0.2, -0.15) is 0 Å². The normalized spacial score (nSPS) is 16.8. The van der Waals surface area contributed by atoms with Gasteiger partial charge in [0.15, 0.2) is 0 Å². The number of aromatic nitrogens is 1. The summed E-state index contributed by atoms with van der Waals surface area (Å²) < 4.78 is 10.5. The molecule has 162 valence electrons. The molecular formula is C24H26ClN3O3. The van der Waals surface area contributed by atoms with Crippen molar-refractivity contribution in [2.45, 2.75) is 31.8 Å². The molecule has 6 nitrogen and oxygen atoms in total. The molecule has 1 N–H and O–H groups in total. The van der Waals surface area contributed by atoms with Crippen LogP contribution in [0, 0.1) is 0 Å². The summed E-state index contributed by atoms with van der Waals surface area (Å²) in [5.41, 5.74) is 2.94. The Morgan fingerprint density at radius 3 is 2.84 bits per heavy atom. The molecule has 1 aliphatic heterocycles. The monoisotopic (exact) mass is 439 g/mol. The molecule has 0 saturated carbocycles. The van der Waals surface area contributed by atoms with Crippen LogP contribution in [0.5, 0.6) is 5.75 Å². The molecule has 1 amide bonds. The summed E-state index contributed by atoms with van der Waals surface area (Å²) >= 11 is 6.32. The molecule has 0 spiro atoms. The molecule has 1 aromatic heterocycles. The summed E-state index contributed by atoms with van der Waals surface area (Å²) in [6.45, 7) is 3.11. The summed E-state index contributed by atoms with van der Waals surface area (Å²) in [5.74, 6) is 0.999. The third-order valence-electron chi connectivity index (χ3n) is 5.64. The number of carbonyl (C=O) groups is 1. The predicted octanol–water partition coefficient (Wildman–Crippen LogP) is 4.65. The van der Waals surface area contributed by atoms with Gasteiger partial charge in [0.05, 0.1) is 12.8 Å². The standard InChI is InChI=1S/C24H26ClN3O3/c1-30-20-10-8-17(9-11-20)14-26-24(29)23-13-22(27-31-23)19-6-4-12-28(16-19)15-18-5-2-3-7-21(18)25/h2-3,5,7-11,13,19H,4,6,12,14-16H2,1H3,(H,26,29)/t19-/m0/s1. The van der Waals surface area contributed by atoms with Gasteiger partial charge in [0, 0.05) is 36.6 Å². The number of benzene rings is 2. The molecule has 31 heavy (non-hydrogen) atoms. The summed E-state index contributed by atoms with van der Waals surface area (Å²) in [4.78, 5) is 14.9. The van der Waals surface area contributed by atoms with Crippen molar-refractivity contribution in [1.82, 2.24) is 15.4 Å². The quantitative estimate of drug-likeness (QED) is 0.580. The minimum atomic E-state index is -0.265. The van der Waals surface area contributed by atoms with Gasteiger partial charge in [0.25, 0.3) is 5.91 Å². The van der Waals surface area contributed by atoms with Crippen molar-refractivity contribution >= 4 is 17.5 Å². The Labute approximate surface area is 187 Å². The molecular weight excluding hydrogens is 414 g/mol. The largest absolute Gasteiger partial charge is 0.497 e. The first kappa shape index (κ1) is 21.4. The van der Waals surface area contributed by atoms with Crippen LogP contribution in [0.3, 0.4) is 0 Å². The van der Waals surface area contributed by atoms with E-state index in [2.05, 4.69) is 21.4 Å². The van der Waals surface area contributed by atoms with E-state index < -0.39 is 0 Å². The van der Waals surface area contributed by atoms with Crippen LogP contribution < -0.4 is 10.1 Å². The van der Waals surface area contributed by atoms with E-state index in [4.69, 9.17) is 20.9 Å². The van der Waals surface area contributed by atoms with E-state index in [0.717, 1.165) is 60.1 Å². The second-order valence-corrected chi connectivity index (χ2v) is 8.22. The number of amides is 1. The average molecular weight is 440 g/mol. The van der Waals surface area contributed by atoms with Crippen LogP contribution in [-0.4, -0.2) is 36.2 Å². The second-order valence-electron chi connectivity index (χ2n) is 7.81. The highest BCUT2D eigenvalue weighted by Crippen LogP contribution is 2.28. The fourth-order valence-corrected chi connectivity index (χ4v) is 4.10. The summed E-state index contributed by atoms with van der Waals surface area (Å²) in [6, 6.07) is 17.3. The van der Waals surface area contributed by atoms with Crippen molar-refractivity contribution in [2.24, 2.45) is 0 Å². The summed E-state index contributed by atoms with van der Waals surface area (Å²) in [6.07, 6.45) is 2.10.